The molecule has 0 atom stereocenters. The summed E-state index contributed by atoms with van der Waals surface area (Å²) in [5.41, 5.74) is -5.37. The smallest absolute Gasteiger partial charge is 0.357 e. The first kappa shape index (κ1) is 24.3. The second-order valence-electron chi connectivity index (χ2n) is 6.88. The van der Waals surface area contributed by atoms with E-state index in [1.807, 2.05) is 0 Å². The average Bonchev–Trinajstić information content (AvgIpc) is 2.71. The number of hydrogen-bond donors (Lipinski definition) is 0. The largest absolute Gasteiger partial charge is 0.417 e. The molecular formula is C17H12ClF6N5O4. The SMILES string of the molecule is O=[N+]([O-])c1cc(C(F)(F)F)cc([N+](=O)[O-])c1N1CCN(c2ncc(C(F)(F)F)cc2Cl)CC1. The van der Waals surface area contributed by atoms with E-state index in [0.717, 1.165) is 0 Å². The van der Waals surface area contributed by atoms with Gasteiger partial charge in [-0.1, -0.05) is 11.6 Å². The van der Waals surface area contributed by atoms with Crippen LogP contribution in [0.3, 0.4) is 0 Å². The number of nitrogens with zero attached hydrogens (tertiary/aromatic N) is 5. The fourth-order valence-electron chi connectivity index (χ4n) is 3.33. The summed E-state index contributed by atoms with van der Waals surface area (Å²) in [6, 6.07) is 1.13. The lowest BCUT2D eigenvalue weighted by Gasteiger charge is -2.36. The minimum atomic E-state index is -5.04. The van der Waals surface area contributed by atoms with Crippen molar-refractivity contribution in [2.75, 3.05) is 36.0 Å². The molecule has 1 fully saturated rings. The molecule has 9 nitrogen and oxygen atoms in total. The first-order chi connectivity index (χ1) is 15.2. The van der Waals surface area contributed by atoms with E-state index >= 15 is 0 Å². The summed E-state index contributed by atoms with van der Waals surface area (Å²) in [6.07, 6.45) is -9.12. The highest BCUT2D eigenvalue weighted by Crippen LogP contribution is 2.43. The third kappa shape index (κ3) is 5.02. The third-order valence-corrected chi connectivity index (χ3v) is 5.11. The van der Waals surface area contributed by atoms with Gasteiger partial charge in [0.05, 0.1) is 26.0 Å². The highest BCUT2D eigenvalue weighted by molar-refractivity contribution is 6.33. The van der Waals surface area contributed by atoms with Gasteiger partial charge >= 0.3 is 12.4 Å². The van der Waals surface area contributed by atoms with Crippen LogP contribution >= 0.6 is 11.6 Å². The Kier molecular flexibility index (Phi) is 6.28. The van der Waals surface area contributed by atoms with Crippen molar-refractivity contribution in [1.82, 2.24) is 4.98 Å². The van der Waals surface area contributed by atoms with Crippen LogP contribution in [-0.4, -0.2) is 41.0 Å². The number of rotatable bonds is 4. The lowest BCUT2D eigenvalue weighted by molar-refractivity contribution is -0.393. The second kappa shape index (κ2) is 8.53. The van der Waals surface area contributed by atoms with Crippen molar-refractivity contribution in [3.8, 4) is 0 Å². The van der Waals surface area contributed by atoms with Gasteiger partial charge in [0.1, 0.15) is 5.82 Å². The molecule has 0 aliphatic carbocycles. The van der Waals surface area contributed by atoms with Crippen LogP contribution in [0, 0.1) is 20.2 Å². The Morgan fingerprint density at radius 2 is 1.27 bits per heavy atom. The number of aromatic nitrogens is 1. The zero-order chi connectivity index (χ0) is 24.7. The maximum absolute atomic E-state index is 13.1. The molecule has 2 aromatic rings. The van der Waals surface area contributed by atoms with Crippen LogP contribution in [-0.2, 0) is 12.4 Å². The molecule has 1 aromatic carbocycles. The first-order valence-electron chi connectivity index (χ1n) is 8.97. The Morgan fingerprint density at radius 3 is 1.67 bits per heavy atom. The lowest BCUT2D eigenvalue weighted by Crippen LogP contribution is -2.47. The number of piperazine rings is 1. The summed E-state index contributed by atoms with van der Waals surface area (Å²) in [5.74, 6) is 0.000681. The molecule has 1 aliphatic rings. The van der Waals surface area contributed by atoms with Crippen molar-refractivity contribution in [2.24, 2.45) is 0 Å². The number of benzene rings is 1. The molecule has 33 heavy (non-hydrogen) atoms. The normalized spacial score (nSPS) is 15.0. The number of nitro groups is 2. The Hall–Kier alpha value is -3.36. The average molecular weight is 500 g/mol. The zero-order valence-electron chi connectivity index (χ0n) is 16.2. The summed E-state index contributed by atoms with van der Waals surface area (Å²) in [7, 11) is 0. The van der Waals surface area contributed by atoms with E-state index in [9.17, 15) is 46.6 Å². The van der Waals surface area contributed by atoms with Gasteiger partial charge in [0, 0.05) is 44.5 Å². The van der Waals surface area contributed by atoms with Crippen LogP contribution in [0.1, 0.15) is 11.1 Å². The molecule has 0 bridgehead atoms. The van der Waals surface area contributed by atoms with Gasteiger partial charge in [0.25, 0.3) is 11.4 Å². The van der Waals surface area contributed by atoms with E-state index in [1.54, 1.807) is 0 Å². The summed E-state index contributed by atoms with van der Waals surface area (Å²) < 4.78 is 77.6. The van der Waals surface area contributed by atoms with Crippen molar-refractivity contribution in [3.63, 3.8) is 0 Å². The summed E-state index contributed by atoms with van der Waals surface area (Å²) >= 11 is 5.91. The summed E-state index contributed by atoms with van der Waals surface area (Å²) in [6.45, 7) is -0.307. The van der Waals surface area contributed by atoms with E-state index in [-0.39, 0.29) is 49.2 Å². The molecule has 2 heterocycles. The molecule has 3 rings (SSSR count). The van der Waals surface area contributed by atoms with Crippen molar-refractivity contribution in [1.29, 1.82) is 0 Å². The predicted octanol–water partition coefficient (Wildman–Crippen LogP) is 4.92. The van der Waals surface area contributed by atoms with E-state index in [0.29, 0.717) is 12.3 Å². The fraction of sp³-hybridized carbons (Fsp3) is 0.353. The molecule has 1 aromatic heterocycles. The molecule has 178 valence electrons. The molecule has 1 saturated heterocycles. The predicted molar refractivity (Wildman–Crippen MR) is 103 cm³/mol. The highest BCUT2D eigenvalue weighted by atomic mass is 35.5. The van der Waals surface area contributed by atoms with E-state index in [2.05, 4.69) is 4.98 Å². The second-order valence-corrected chi connectivity index (χ2v) is 7.28. The first-order valence-corrected chi connectivity index (χ1v) is 9.34. The van der Waals surface area contributed by atoms with Gasteiger partial charge in [-0.15, -0.1) is 0 Å². The van der Waals surface area contributed by atoms with Crippen LogP contribution in [0.4, 0.5) is 49.2 Å². The monoisotopic (exact) mass is 499 g/mol. The number of pyridine rings is 1. The molecule has 0 spiro atoms. The Balaban J connectivity index is 1.92. The molecule has 1 aliphatic heterocycles. The topological polar surface area (TPSA) is 106 Å². The quantitative estimate of drug-likeness (QED) is 0.334. The van der Waals surface area contributed by atoms with Gasteiger partial charge in [-0.3, -0.25) is 20.2 Å². The van der Waals surface area contributed by atoms with Crippen molar-refractivity contribution in [3.05, 3.63) is 60.8 Å². The van der Waals surface area contributed by atoms with Crippen molar-refractivity contribution >= 4 is 34.5 Å². The van der Waals surface area contributed by atoms with Gasteiger partial charge in [-0.25, -0.2) is 4.98 Å². The standard InChI is InChI=1S/C17H12ClF6N5O4/c18-11-5-10(17(22,23)24)8-25-15(11)27-3-1-26(2-4-27)14-12(28(30)31)6-9(16(19,20)21)7-13(14)29(32)33/h5-8H,1-4H2. The zero-order valence-corrected chi connectivity index (χ0v) is 16.9. The van der Waals surface area contributed by atoms with Crippen molar-refractivity contribution < 1.29 is 36.2 Å². The molecule has 0 N–H and O–H groups in total. The maximum Gasteiger partial charge on any atom is 0.417 e. The molecule has 16 heteroatoms. The van der Waals surface area contributed by atoms with Crippen molar-refractivity contribution in [2.45, 2.75) is 12.4 Å². The minimum absolute atomic E-state index is 0.000681. The third-order valence-electron chi connectivity index (χ3n) is 4.83. The molecule has 0 saturated carbocycles. The van der Waals surface area contributed by atoms with Crippen LogP contribution in [0.25, 0.3) is 0 Å². The summed E-state index contributed by atoms with van der Waals surface area (Å²) in [5, 5.41) is 22.5. The van der Waals surface area contributed by atoms with Gasteiger partial charge in [-0.2, -0.15) is 26.3 Å². The Morgan fingerprint density at radius 1 is 0.818 bits per heavy atom. The van der Waals surface area contributed by atoms with E-state index in [1.165, 1.54) is 9.80 Å². The molecule has 0 amide bonds. The van der Waals surface area contributed by atoms with Crippen LogP contribution in [0.15, 0.2) is 24.4 Å². The Bertz CT molecular complexity index is 1070. The summed E-state index contributed by atoms with van der Waals surface area (Å²) in [4.78, 5) is 26.9. The van der Waals surface area contributed by atoms with Gasteiger partial charge in [0.15, 0.2) is 5.69 Å². The molecule has 0 radical (unpaired) electrons. The van der Waals surface area contributed by atoms with E-state index in [4.69, 9.17) is 11.6 Å². The van der Waals surface area contributed by atoms with Crippen LogP contribution < -0.4 is 9.80 Å². The van der Waals surface area contributed by atoms with E-state index < -0.39 is 50.4 Å². The van der Waals surface area contributed by atoms with Crippen LogP contribution in [0.2, 0.25) is 5.02 Å². The number of hydrogen-bond acceptors (Lipinski definition) is 7. The van der Waals surface area contributed by atoms with Gasteiger partial charge in [0.2, 0.25) is 0 Å². The molecular weight excluding hydrogens is 488 g/mol. The molecule has 0 unspecified atom stereocenters. The number of alkyl halides is 6. The van der Waals surface area contributed by atoms with Gasteiger partial charge in [-0.05, 0) is 6.07 Å². The number of nitro benzene ring substituents is 2. The lowest BCUT2D eigenvalue weighted by atomic mass is 10.1. The van der Waals surface area contributed by atoms with Crippen LogP contribution in [0.5, 0.6) is 0 Å². The maximum atomic E-state index is 13.1. The Labute approximate surface area is 185 Å². The fourth-order valence-corrected chi connectivity index (χ4v) is 3.62. The van der Waals surface area contributed by atoms with Gasteiger partial charge < -0.3 is 9.80 Å². The highest BCUT2D eigenvalue weighted by Gasteiger charge is 2.40. The minimum Gasteiger partial charge on any atom is -0.357 e. The number of halogens is 7. The number of anilines is 2.